The first-order chi connectivity index (χ1) is 8.24. The Labute approximate surface area is 116 Å². The van der Waals surface area contributed by atoms with Gasteiger partial charge in [0.2, 0.25) is 5.91 Å². The minimum absolute atomic E-state index is 0.317. The zero-order chi connectivity index (χ0) is 11.8. The van der Waals surface area contributed by atoms with Crippen LogP contribution in [0.4, 0.5) is 5.69 Å². The van der Waals surface area contributed by atoms with Crippen molar-refractivity contribution in [3.05, 3.63) is 27.3 Å². The van der Waals surface area contributed by atoms with Gasteiger partial charge in [-0.1, -0.05) is 0 Å². The fourth-order valence-corrected chi connectivity index (χ4v) is 3.03. The van der Waals surface area contributed by atoms with Crippen molar-refractivity contribution in [1.29, 1.82) is 0 Å². The molecule has 0 N–H and O–H groups in total. The standard InChI is InChI=1S/C14H16INO/c15-12-6-7-13-11(8-12)2-1-3-14(17)16(13)9-10-4-5-10/h6-8,10H,1-5,9H2. The normalized spacial score (nSPS) is 20.1. The van der Waals surface area contributed by atoms with Crippen LogP contribution in [0.5, 0.6) is 0 Å². The summed E-state index contributed by atoms with van der Waals surface area (Å²) in [5, 5.41) is 0. The summed E-state index contributed by atoms with van der Waals surface area (Å²) in [5.41, 5.74) is 2.52. The van der Waals surface area contributed by atoms with Crippen molar-refractivity contribution < 1.29 is 4.79 Å². The summed E-state index contributed by atoms with van der Waals surface area (Å²) in [7, 11) is 0. The zero-order valence-corrected chi connectivity index (χ0v) is 11.9. The van der Waals surface area contributed by atoms with Crippen LogP contribution < -0.4 is 4.90 Å². The molecular formula is C14H16INO. The molecule has 3 rings (SSSR count). The lowest BCUT2D eigenvalue weighted by molar-refractivity contribution is -0.118. The molecule has 0 aromatic heterocycles. The fraction of sp³-hybridized carbons (Fsp3) is 0.500. The monoisotopic (exact) mass is 341 g/mol. The van der Waals surface area contributed by atoms with Gasteiger partial charge in [0.05, 0.1) is 0 Å². The molecular weight excluding hydrogens is 325 g/mol. The Morgan fingerprint density at radius 2 is 2.12 bits per heavy atom. The second-order valence-corrected chi connectivity index (χ2v) is 6.32. The number of amides is 1. The van der Waals surface area contributed by atoms with Crippen molar-refractivity contribution in [3.8, 4) is 0 Å². The van der Waals surface area contributed by atoms with Gasteiger partial charge in [-0.25, -0.2) is 0 Å². The van der Waals surface area contributed by atoms with E-state index in [4.69, 9.17) is 0 Å². The summed E-state index contributed by atoms with van der Waals surface area (Å²) in [4.78, 5) is 14.2. The molecule has 0 atom stereocenters. The van der Waals surface area contributed by atoms with Gasteiger partial charge in [0.25, 0.3) is 0 Å². The number of halogens is 1. The summed E-state index contributed by atoms with van der Waals surface area (Å²) in [6.45, 7) is 0.937. The Balaban J connectivity index is 1.96. The summed E-state index contributed by atoms with van der Waals surface area (Å²) in [5.74, 6) is 1.07. The van der Waals surface area contributed by atoms with Gasteiger partial charge in [0, 0.05) is 22.2 Å². The highest BCUT2D eigenvalue weighted by molar-refractivity contribution is 14.1. The average Bonchev–Trinajstić information content (AvgIpc) is 3.10. The van der Waals surface area contributed by atoms with E-state index in [1.807, 2.05) is 4.90 Å². The third-order valence-electron chi connectivity index (χ3n) is 3.61. The van der Waals surface area contributed by atoms with Gasteiger partial charge in [-0.2, -0.15) is 0 Å². The summed E-state index contributed by atoms with van der Waals surface area (Å²) in [6.07, 6.45) is 5.33. The molecule has 0 bridgehead atoms. The Bertz CT molecular complexity index is 454. The third kappa shape index (κ3) is 2.49. The van der Waals surface area contributed by atoms with Crippen LogP contribution in [0.1, 0.15) is 31.2 Å². The van der Waals surface area contributed by atoms with Gasteiger partial charge in [0.15, 0.2) is 0 Å². The van der Waals surface area contributed by atoms with Crippen molar-refractivity contribution >= 4 is 34.2 Å². The highest BCUT2D eigenvalue weighted by Crippen LogP contribution is 2.35. The third-order valence-corrected chi connectivity index (χ3v) is 4.28. The van der Waals surface area contributed by atoms with E-state index < -0.39 is 0 Å². The average molecular weight is 341 g/mol. The minimum atomic E-state index is 0.317. The first kappa shape index (κ1) is 11.5. The van der Waals surface area contributed by atoms with Crippen molar-refractivity contribution in [2.24, 2.45) is 5.92 Å². The highest BCUT2D eigenvalue weighted by atomic mass is 127. The Morgan fingerprint density at radius 3 is 2.88 bits per heavy atom. The lowest BCUT2D eigenvalue weighted by Crippen LogP contribution is -2.32. The molecule has 1 aliphatic heterocycles. The molecule has 2 aliphatic rings. The lowest BCUT2D eigenvalue weighted by Gasteiger charge is -2.23. The smallest absolute Gasteiger partial charge is 0.227 e. The second kappa shape index (κ2) is 4.59. The largest absolute Gasteiger partial charge is 0.312 e. The molecule has 1 saturated carbocycles. The molecule has 3 heteroatoms. The van der Waals surface area contributed by atoms with Gasteiger partial charge in [-0.15, -0.1) is 0 Å². The molecule has 0 radical (unpaired) electrons. The number of anilines is 1. The first-order valence-corrected chi connectivity index (χ1v) is 7.41. The molecule has 90 valence electrons. The van der Waals surface area contributed by atoms with E-state index in [2.05, 4.69) is 40.8 Å². The molecule has 1 amide bonds. The maximum absolute atomic E-state index is 12.1. The molecule has 1 aromatic rings. The quantitative estimate of drug-likeness (QED) is 0.756. The SMILES string of the molecule is O=C1CCCc2cc(I)ccc2N1CC1CC1. The molecule has 2 nitrogen and oxygen atoms in total. The van der Waals surface area contributed by atoms with Crippen LogP contribution >= 0.6 is 22.6 Å². The molecule has 1 aromatic carbocycles. The van der Waals surface area contributed by atoms with E-state index in [1.165, 1.54) is 27.7 Å². The minimum Gasteiger partial charge on any atom is -0.312 e. The van der Waals surface area contributed by atoms with E-state index in [0.717, 1.165) is 25.3 Å². The second-order valence-electron chi connectivity index (χ2n) is 5.07. The summed E-state index contributed by atoms with van der Waals surface area (Å²) < 4.78 is 1.27. The predicted octanol–water partition coefficient (Wildman–Crippen LogP) is 3.37. The molecule has 1 aliphatic carbocycles. The first-order valence-electron chi connectivity index (χ1n) is 6.33. The van der Waals surface area contributed by atoms with Crippen LogP contribution in [0.15, 0.2) is 18.2 Å². The number of carbonyl (C=O) groups excluding carboxylic acids is 1. The summed E-state index contributed by atoms with van der Waals surface area (Å²) >= 11 is 2.35. The lowest BCUT2D eigenvalue weighted by atomic mass is 10.1. The Hall–Kier alpha value is -0.580. The maximum atomic E-state index is 12.1. The zero-order valence-electron chi connectivity index (χ0n) is 9.79. The number of benzene rings is 1. The molecule has 0 unspecified atom stereocenters. The fourth-order valence-electron chi connectivity index (χ4n) is 2.48. The van der Waals surface area contributed by atoms with E-state index >= 15 is 0 Å². The van der Waals surface area contributed by atoms with Gasteiger partial charge in [-0.3, -0.25) is 4.79 Å². The Morgan fingerprint density at radius 1 is 1.29 bits per heavy atom. The van der Waals surface area contributed by atoms with Crippen molar-refractivity contribution in [1.82, 2.24) is 0 Å². The van der Waals surface area contributed by atoms with Crippen LogP contribution in [0, 0.1) is 9.49 Å². The van der Waals surface area contributed by atoms with E-state index in [-0.39, 0.29) is 0 Å². The number of aryl methyl sites for hydroxylation is 1. The van der Waals surface area contributed by atoms with Crippen LogP contribution in [0.3, 0.4) is 0 Å². The highest BCUT2D eigenvalue weighted by Gasteiger charge is 2.29. The van der Waals surface area contributed by atoms with E-state index in [0.29, 0.717) is 12.3 Å². The van der Waals surface area contributed by atoms with Gasteiger partial charge in [-0.05, 0) is 78.0 Å². The predicted molar refractivity (Wildman–Crippen MR) is 77.2 cm³/mol. The van der Waals surface area contributed by atoms with Crippen LogP contribution in [-0.4, -0.2) is 12.5 Å². The van der Waals surface area contributed by atoms with Crippen LogP contribution in [0.25, 0.3) is 0 Å². The number of fused-ring (bicyclic) bond motifs is 1. The maximum Gasteiger partial charge on any atom is 0.227 e. The van der Waals surface area contributed by atoms with Crippen LogP contribution in [0.2, 0.25) is 0 Å². The molecule has 0 saturated heterocycles. The molecule has 17 heavy (non-hydrogen) atoms. The summed E-state index contributed by atoms with van der Waals surface area (Å²) in [6, 6.07) is 6.47. The van der Waals surface area contributed by atoms with Crippen LogP contribution in [-0.2, 0) is 11.2 Å². The van der Waals surface area contributed by atoms with Crippen molar-refractivity contribution in [2.75, 3.05) is 11.4 Å². The number of nitrogens with zero attached hydrogens (tertiary/aromatic N) is 1. The van der Waals surface area contributed by atoms with Crippen molar-refractivity contribution in [2.45, 2.75) is 32.1 Å². The number of hydrogen-bond donors (Lipinski definition) is 0. The number of rotatable bonds is 2. The number of carbonyl (C=O) groups is 1. The van der Waals surface area contributed by atoms with Crippen molar-refractivity contribution in [3.63, 3.8) is 0 Å². The molecule has 0 spiro atoms. The molecule has 1 fully saturated rings. The molecule has 1 heterocycles. The number of hydrogen-bond acceptors (Lipinski definition) is 1. The van der Waals surface area contributed by atoms with Gasteiger partial charge in [0.1, 0.15) is 0 Å². The van der Waals surface area contributed by atoms with E-state index in [9.17, 15) is 4.79 Å². The van der Waals surface area contributed by atoms with E-state index in [1.54, 1.807) is 0 Å². The van der Waals surface area contributed by atoms with Gasteiger partial charge >= 0.3 is 0 Å². The van der Waals surface area contributed by atoms with Gasteiger partial charge < -0.3 is 4.90 Å². The topological polar surface area (TPSA) is 20.3 Å². The Kier molecular flexibility index (Phi) is 3.11.